The molecule has 2 aliphatic rings. The maximum atomic E-state index is 12.0. The van der Waals surface area contributed by atoms with Crippen LogP contribution in [0, 0.1) is 0 Å². The molecule has 0 spiro atoms. The number of alkyl carbamates (subject to hydrolysis) is 1. The molecule has 3 atom stereocenters. The third-order valence-electron chi connectivity index (χ3n) is 3.36. The van der Waals surface area contributed by atoms with Crippen molar-refractivity contribution in [3.05, 3.63) is 0 Å². The fourth-order valence-corrected chi connectivity index (χ4v) is 2.44. The minimum Gasteiger partial charge on any atom is -0.444 e. The monoisotopic (exact) mass is 256 g/mol. The Morgan fingerprint density at radius 1 is 1.50 bits per heavy atom. The smallest absolute Gasteiger partial charge is 0.408 e. The molecule has 2 rings (SSSR count). The van der Waals surface area contributed by atoms with Crippen molar-refractivity contribution in [2.45, 2.75) is 57.4 Å². The quantitative estimate of drug-likeness (QED) is 0.756. The van der Waals surface area contributed by atoms with Crippen LogP contribution in [-0.2, 0) is 14.3 Å². The predicted molar refractivity (Wildman–Crippen MR) is 64.1 cm³/mol. The number of cyclic esters (lactones) is 1. The van der Waals surface area contributed by atoms with Crippen LogP contribution < -0.4 is 10.6 Å². The topological polar surface area (TPSA) is 76.7 Å². The Balaban J connectivity index is 1.89. The summed E-state index contributed by atoms with van der Waals surface area (Å²) in [6.07, 6.45) is 0.611. The maximum Gasteiger partial charge on any atom is 0.408 e. The highest BCUT2D eigenvalue weighted by atomic mass is 16.6. The number of nitrogens with one attached hydrogen (secondary N) is 2. The van der Waals surface area contributed by atoms with Crippen LogP contribution in [0.3, 0.4) is 0 Å². The minimum atomic E-state index is -0.594. The van der Waals surface area contributed by atoms with Crippen molar-refractivity contribution in [2.24, 2.45) is 0 Å². The second kappa shape index (κ2) is 4.76. The van der Waals surface area contributed by atoms with Gasteiger partial charge in [0.15, 0.2) is 0 Å². The molecule has 2 fully saturated rings. The summed E-state index contributed by atoms with van der Waals surface area (Å²) < 4.78 is 10.5. The van der Waals surface area contributed by atoms with Crippen molar-refractivity contribution in [1.82, 2.24) is 10.6 Å². The second-order valence-electron chi connectivity index (χ2n) is 5.54. The minimum absolute atomic E-state index is 0.0888. The number of amides is 2. The molecule has 3 unspecified atom stereocenters. The van der Waals surface area contributed by atoms with Gasteiger partial charge in [-0.3, -0.25) is 4.79 Å². The number of carbonyl (C=O) groups excluding carboxylic acids is 2. The van der Waals surface area contributed by atoms with E-state index in [4.69, 9.17) is 9.47 Å². The molecule has 0 saturated carbocycles. The van der Waals surface area contributed by atoms with Gasteiger partial charge in [0.2, 0.25) is 5.91 Å². The van der Waals surface area contributed by atoms with Crippen LogP contribution in [0.25, 0.3) is 0 Å². The Bertz CT molecular complexity index is 356. The molecule has 0 aromatic heterocycles. The first-order valence-electron chi connectivity index (χ1n) is 6.29. The molecule has 2 saturated heterocycles. The first kappa shape index (κ1) is 13.1. The average molecular weight is 256 g/mol. The zero-order chi connectivity index (χ0) is 13.3. The lowest BCUT2D eigenvalue weighted by molar-refractivity contribution is -0.126. The van der Waals surface area contributed by atoms with Crippen LogP contribution in [0.5, 0.6) is 0 Å². The Morgan fingerprint density at radius 2 is 2.22 bits per heavy atom. The summed E-state index contributed by atoms with van der Waals surface area (Å²) in [5.74, 6) is -0.184. The summed E-state index contributed by atoms with van der Waals surface area (Å²) in [6, 6.07) is -0.505. The largest absolute Gasteiger partial charge is 0.444 e. The summed E-state index contributed by atoms with van der Waals surface area (Å²) in [6.45, 7) is 6.36. The van der Waals surface area contributed by atoms with E-state index in [0.717, 1.165) is 12.8 Å². The number of carbonyl (C=O) groups is 2. The molecule has 0 aliphatic carbocycles. The maximum absolute atomic E-state index is 12.0. The van der Waals surface area contributed by atoms with Crippen LogP contribution in [0.4, 0.5) is 4.79 Å². The first-order valence-corrected chi connectivity index (χ1v) is 6.29. The van der Waals surface area contributed by atoms with Gasteiger partial charge in [-0.1, -0.05) is 0 Å². The lowest BCUT2D eigenvalue weighted by atomic mass is 9.93. The summed E-state index contributed by atoms with van der Waals surface area (Å²) in [5, 5.41) is 5.46. The van der Waals surface area contributed by atoms with E-state index in [-0.39, 0.29) is 17.6 Å². The molecule has 6 heteroatoms. The number of ether oxygens (including phenoxy) is 2. The average Bonchev–Trinajstić information content (AvgIpc) is 2.56. The first-order chi connectivity index (χ1) is 8.37. The third-order valence-corrected chi connectivity index (χ3v) is 3.36. The van der Waals surface area contributed by atoms with E-state index in [1.165, 1.54) is 0 Å². The molecule has 2 amide bonds. The number of hydrogen-bond donors (Lipinski definition) is 2. The SMILES string of the molecule is CC1OC(=O)NC1C(=O)NC1CCOC(C)(C)C1. The zero-order valence-electron chi connectivity index (χ0n) is 11.0. The summed E-state index contributed by atoms with van der Waals surface area (Å²) in [4.78, 5) is 23.1. The van der Waals surface area contributed by atoms with Crippen molar-refractivity contribution in [2.75, 3.05) is 6.61 Å². The van der Waals surface area contributed by atoms with Gasteiger partial charge in [0.05, 0.1) is 5.60 Å². The highest BCUT2D eigenvalue weighted by Gasteiger charge is 2.38. The molecule has 102 valence electrons. The lowest BCUT2D eigenvalue weighted by Crippen LogP contribution is -2.52. The summed E-state index contributed by atoms with van der Waals surface area (Å²) in [7, 11) is 0. The second-order valence-corrected chi connectivity index (χ2v) is 5.54. The van der Waals surface area contributed by atoms with Crippen molar-refractivity contribution in [1.29, 1.82) is 0 Å². The van der Waals surface area contributed by atoms with Crippen molar-refractivity contribution < 1.29 is 19.1 Å². The Morgan fingerprint density at radius 3 is 2.78 bits per heavy atom. The van der Waals surface area contributed by atoms with Gasteiger partial charge in [-0.05, 0) is 33.6 Å². The van der Waals surface area contributed by atoms with E-state index in [1.807, 2.05) is 13.8 Å². The van der Waals surface area contributed by atoms with Gasteiger partial charge in [0.25, 0.3) is 0 Å². The van der Waals surface area contributed by atoms with Crippen LogP contribution in [0.15, 0.2) is 0 Å². The summed E-state index contributed by atoms with van der Waals surface area (Å²) in [5.41, 5.74) is -0.211. The van der Waals surface area contributed by atoms with Crippen LogP contribution in [0.2, 0.25) is 0 Å². The third kappa shape index (κ3) is 2.93. The highest BCUT2D eigenvalue weighted by Crippen LogP contribution is 2.24. The predicted octanol–water partition coefficient (Wildman–Crippen LogP) is 0.557. The van der Waals surface area contributed by atoms with Gasteiger partial charge < -0.3 is 20.1 Å². The van der Waals surface area contributed by atoms with E-state index in [1.54, 1.807) is 6.92 Å². The molecule has 6 nitrogen and oxygen atoms in total. The van der Waals surface area contributed by atoms with E-state index in [2.05, 4.69) is 10.6 Å². The molecule has 0 aromatic rings. The highest BCUT2D eigenvalue weighted by molar-refractivity contribution is 5.88. The van der Waals surface area contributed by atoms with Crippen molar-refractivity contribution in [3.63, 3.8) is 0 Å². The van der Waals surface area contributed by atoms with Gasteiger partial charge in [-0.25, -0.2) is 4.79 Å². The van der Waals surface area contributed by atoms with E-state index in [0.29, 0.717) is 6.61 Å². The Hall–Kier alpha value is -1.30. The molecule has 0 aromatic carbocycles. The van der Waals surface area contributed by atoms with E-state index in [9.17, 15) is 9.59 Å². The van der Waals surface area contributed by atoms with Crippen LogP contribution in [-0.4, -0.2) is 42.4 Å². The van der Waals surface area contributed by atoms with Crippen LogP contribution >= 0.6 is 0 Å². The summed E-state index contributed by atoms with van der Waals surface area (Å²) >= 11 is 0. The van der Waals surface area contributed by atoms with Gasteiger partial charge in [-0.15, -0.1) is 0 Å². The molecule has 2 aliphatic heterocycles. The molecule has 0 radical (unpaired) electrons. The molecule has 2 N–H and O–H groups in total. The number of rotatable bonds is 2. The Kier molecular flexibility index (Phi) is 3.47. The normalized spacial score (nSPS) is 34.6. The lowest BCUT2D eigenvalue weighted by Gasteiger charge is -2.36. The van der Waals surface area contributed by atoms with Crippen molar-refractivity contribution in [3.8, 4) is 0 Å². The molecule has 18 heavy (non-hydrogen) atoms. The standard InChI is InChI=1S/C12H20N2O4/c1-7-9(14-11(16)18-7)10(15)13-8-4-5-17-12(2,3)6-8/h7-9H,4-6H2,1-3H3,(H,13,15)(H,14,16). The molecule has 0 bridgehead atoms. The van der Waals surface area contributed by atoms with E-state index < -0.39 is 18.2 Å². The fraction of sp³-hybridized carbons (Fsp3) is 0.833. The van der Waals surface area contributed by atoms with Gasteiger partial charge in [0, 0.05) is 12.6 Å². The molecule has 2 heterocycles. The van der Waals surface area contributed by atoms with Crippen molar-refractivity contribution >= 4 is 12.0 Å². The number of hydrogen-bond acceptors (Lipinski definition) is 4. The van der Waals surface area contributed by atoms with E-state index >= 15 is 0 Å². The fourth-order valence-electron chi connectivity index (χ4n) is 2.44. The van der Waals surface area contributed by atoms with Gasteiger partial charge >= 0.3 is 6.09 Å². The zero-order valence-corrected chi connectivity index (χ0v) is 11.0. The van der Waals surface area contributed by atoms with Crippen LogP contribution in [0.1, 0.15) is 33.6 Å². The van der Waals surface area contributed by atoms with Gasteiger partial charge in [0.1, 0.15) is 12.1 Å². The van der Waals surface area contributed by atoms with Gasteiger partial charge in [-0.2, -0.15) is 0 Å². The Labute approximate surface area is 106 Å². The molecular formula is C12H20N2O4. The molecular weight excluding hydrogens is 236 g/mol.